The van der Waals surface area contributed by atoms with Crippen molar-refractivity contribution in [1.82, 2.24) is 19.9 Å². The minimum absolute atomic E-state index is 0.357. The van der Waals surface area contributed by atoms with Crippen molar-refractivity contribution < 1.29 is 0 Å². The summed E-state index contributed by atoms with van der Waals surface area (Å²) < 4.78 is 0. The molecule has 0 radical (unpaired) electrons. The fraction of sp³-hybridized carbons (Fsp3) is 0.381. The third kappa shape index (κ3) is 4.26. The van der Waals surface area contributed by atoms with Crippen molar-refractivity contribution in [2.45, 2.75) is 31.8 Å². The van der Waals surface area contributed by atoms with Crippen molar-refractivity contribution in [1.29, 1.82) is 10.5 Å². The lowest BCUT2D eigenvalue weighted by atomic mass is 10.1. The molecule has 4 rings (SSSR count). The van der Waals surface area contributed by atoms with Gasteiger partial charge >= 0.3 is 0 Å². The van der Waals surface area contributed by atoms with E-state index < -0.39 is 0 Å². The van der Waals surface area contributed by atoms with Crippen molar-refractivity contribution >= 4 is 5.82 Å². The minimum Gasteiger partial charge on any atom is -0.351 e. The fourth-order valence-corrected chi connectivity index (χ4v) is 3.72. The Morgan fingerprint density at radius 3 is 2.61 bits per heavy atom. The number of aromatic nitrogens is 3. The summed E-state index contributed by atoms with van der Waals surface area (Å²) >= 11 is 0. The molecule has 2 aliphatic heterocycles. The van der Waals surface area contributed by atoms with Gasteiger partial charge in [0.25, 0.3) is 0 Å². The molecular formula is C21H21N7. The first-order chi connectivity index (χ1) is 13.7. The van der Waals surface area contributed by atoms with Crippen LogP contribution in [0.15, 0.2) is 30.6 Å². The van der Waals surface area contributed by atoms with Gasteiger partial charge in [-0.25, -0.2) is 15.0 Å². The fourth-order valence-electron chi connectivity index (χ4n) is 3.72. The number of pyridine rings is 1. The van der Waals surface area contributed by atoms with Crippen molar-refractivity contribution in [2.75, 3.05) is 24.5 Å². The van der Waals surface area contributed by atoms with Gasteiger partial charge in [-0.2, -0.15) is 10.5 Å². The SMILES string of the molecule is C#Cc1cccc(C#N)n1.CC1CCC2CN(c3nccnc3C#N)CCN12. The van der Waals surface area contributed by atoms with E-state index in [0.29, 0.717) is 29.2 Å². The second-order valence-corrected chi connectivity index (χ2v) is 6.77. The number of hydrogen-bond donors (Lipinski definition) is 0. The summed E-state index contributed by atoms with van der Waals surface area (Å²) in [6.45, 7) is 5.28. The molecular weight excluding hydrogens is 350 g/mol. The zero-order valence-electron chi connectivity index (χ0n) is 15.8. The molecule has 140 valence electrons. The standard InChI is InChI=1S/C13H17N5.C8H4N2/c1-10-2-3-11-9-17(6-7-18(10)11)13-12(8-14)15-4-5-16-13;1-2-7-4-3-5-8(6-9)10-7/h4-5,10-11H,2-3,6-7,9H2,1H3;1,3-5H. The van der Waals surface area contributed by atoms with Crippen LogP contribution in [0.5, 0.6) is 0 Å². The Hall–Kier alpha value is -3.47. The van der Waals surface area contributed by atoms with Gasteiger partial charge in [0, 0.05) is 44.1 Å². The lowest BCUT2D eigenvalue weighted by molar-refractivity contribution is 0.184. The smallest absolute Gasteiger partial charge is 0.183 e. The van der Waals surface area contributed by atoms with Gasteiger partial charge in [-0.3, -0.25) is 4.90 Å². The van der Waals surface area contributed by atoms with Crippen LogP contribution in [0.25, 0.3) is 0 Å². The number of hydrogen-bond acceptors (Lipinski definition) is 7. The number of piperazine rings is 1. The third-order valence-corrected chi connectivity index (χ3v) is 5.11. The number of fused-ring (bicyclic) bond motifs is 1. The van der Waals surface area contributed by atoms with Gasteiger partial charge in [0.1, 0.15) is 23.5 Å². The Bertz CT molecular complexity index is 921. The van der Waals surface area contributed by atoms with Gasteiger partial charge in [-0.1, -0.05) is 12.0 Å². The van der Waals surface area contributed by atoms with E-state index in [4.69, 9.17) is 16.9 Å². The van der Waals surface area contributed by atoms with Crippen LogP contribution in [0.4, 0.5) is 5.82 Å². The van der Waals surface area contributed by atoms with Gasteiger partial charge in [-0.05, 0) is 31.9 Å². The number of terminal acetylenes is 1. The monoisotopic (exact) mass is 371 g/mol. The topological polar surface area (TPSA) is 92.7 Å². The van der Waals surface area contributed by atoms with Gasteiger partial charge in [0.05, 0.1) is 0 Å². The molecule has 0 aliphatic carbocycles. The molecule has 2 saturated heterocycles. The third-order valence-electron chi connectivity index (χ3n) is 5.11. The van der Waals surface area contributed by atoms with Gasteiger partial charge in [0.15, 0.2) is 11.5 Å². The summed E-state index contributed by atoms with van der Waals surface area (Å²) in [5, 5.41) is 17.5. The summed E-state index contributed by atoms with van der Waals surface area (Å²) in [5.41, 5.74) is 1.30. The second kappa shape index (κ2) is 8.95. The normalized spacial score (nSPS) is 20.7. The lowest BCUT2D eigenvalue weighted by Crippen LogP contribution is -2.52. The van der Waals surface area contributed by atoms with Crippen LogP contribution in [0, 0.1) is 35.0 Å². The molecule has 0 spiro atoms. The molecule has 2 unspecified atom stereocenters. The molecule has 2 fully saturated rings. The Balaban J connectivity index is 0.000000192. The number of nitriles is 2. The number of anilines is 1. The van der Waals surface area contributed by atoms with Crippen molar-refractivity contribution in [3.8, 4) is 24.5 Å². The van der Waals surface area contributed by atoms with E-state index in [2.05, 4.69) is 43.7 Å². The maximum Gasteiger partial charge on any atom is 0.183 e. The molecule has 0 N–H and O–H groups in total. The van der Waals surface area contributed by atoms with Crippen LogP contribution in [-0.4, -0.2) is 51.6 Å². The highest BCUT2D eigenvalue weighted by Gasteiger charge is 2.35. The first-order valence-corrected chi connectivity index (χ1v) is 9.21. The quantitative estimate of drug-likeness (QED) is 0.707. The largest absolute Gasteiger partial charge is 0.351 e. The van der Waals surface area contributed by atoms with Crippen LogP contribution in [-0.2, 0) is 0 Å². The molecule has 2 aliphatic rings. The first-order valence-electron chi connectivity index (χ1n) is 9.21. The molecule has 0 bridgehead atoms. The summed E-state index contributed by atoms with van der Waals surface area (Å²) in [6.07, 6.45) is 10.8. The van der Waals surface area contributed by atoms with E-state index in [-0.39, 0.29) is 0 Å². The Morgan fingerprint density at radius 2 is 1.86 bits per heavy atom. The molecule has 2 aromatic heterocycles. The van der Waals surface area contributed by atoms with Gasteiger partial charge in [-0.15, -0.1) is 6.42 Å². The highest BCUT2D eigenvalue weighted by molar-refractivity contribution is 5.50. The van der Waals surface area contributed by atoms with Crippen LogP contribution in [0.2, 0.25) is 0 Å². The molecule has 28 heavy (non-hydrogen) atoms. The van der Waals surface area contributed by atoms with Crippen LogP contribution < -0.4 is 4.90 Å². The average Bonchev–Trinajstić information content (AvgIpc) is 3.14. The van der Waals surface area contributed by atoms with Crippen LogP contribution >= 0.6 is 0 Å². The molecule has 0 saturated carbocycles. The maximum absolute atomic E-state index is 9.09. The molecule has 7 heteroatoms. The number of rotatable bonds is 1. The maximum atomic E-state index is 9.09. The van der Waals surface area contributed by atoms with E-state index in [1.54, 1.807) is 30.6 Å². The van der Waals surface area contributed by atoms with Crippen LogP contribution in [0.3, 0.4) is 0 Å². The van der Waals surface area contributed by atoms with Gasteiger partial charge < -0.3 is 4.90 Å². The van der Waals surface area contributed by atoms with Crippen molar-refractivity contribution in [3.05, 3.63) is 47.7 Å². The van der Waals surface area contributed by atoms with Crippen LogP contribution in [0.1, 0.15) is 36.8 Å². The zero-order valence-corrected chi connectivity index (χ0v) is 15.8. The Morgan fingerprint density at radius 1 is 1.07 bits per heavy atom. The number of nitrogens with zero attached hydrogens (tertiary/aromatic N) is 7. The summed E-state index contributed by atoms with van der Waals surface area (Å²) in [5.74, 6) is 3.09. The summed E-state index contributed by atoms with van der Waals surface area (Å²) in [4.78, 5) is 17.0. The van der Waals surface area contributed by atoms with E-state index in [1.807, 2.05) is 6.07 Å². The highest BCUT2D eigenvalue weighted by atomic mass is 15.3. The van der Waals surface area contributed by atoms with Crippen molar-refractivity contribution in [2.24, 2.45) is 0 Å². The van der Waals surface area contributed by atoms with E-state index >= 15 is 0 Å². The molecule has 0 amide bonds. The van der Waals surface area contributed by atoms with E-state index in [9.17, 15) is 0 Å². The predicted molar refractivity (Wildman–Crippen MR) is 105 cm³/mol. The van der Waals surface area contributed by atoms with Crippen molar-refractivity contribution in [3.63, 3.8) is 0 Å². The van der Waals surface area contributed by atoms with E-state index in [1.165, 1.54) is 12.8 Å². The molecule has 4 heterocycles. The zero-order chi connectivity index (χ0) is 19.9. The van der Waals surface area contributed by atoms with Gasteiger partial charge in [0.2, 0.25) is 0 Å². The minimum atomic E-state index is 0.357. The Kier molecular flexibility index (Phi) is 6.17. The van der Waals surface area contributed by atoms with E-state index in [0.717, 1.165) is 25.5 Å². The molecule has 2 aromatic rings. The first kappa shape index (κ1) is 19.3. The lowest BCUT2D eigenvalue weighted by Gasteiger charge is -2.39. The predicted octanol–water partition coefficient (Wildman–Crippen LogP) is 1.96. The summed E-state index contributed by atoms with van der Waals surface area (Å²) in [6, 6.07) is 10.3. The second-order valence-electron chi connectivity index (χ2n) is 6.77. The highest BCUT2D eigenvalue weighted by Crippen LogP contribution is 2.29. The Labute approximate surface area is 165 Å². The molecule has 7 nitrogen and oxygen atoms in total. The summed E-state index contributed by atoms with van der Waals surface area (Å²) in [7, 11) is 0. The molecule has 0 aromatic carbocycles. The molecule has 2 atom stereocenters. The average molecular weight is 371 g/mol.